The second-order valence-corrected chi connectivity index (χ2v) is 6.77. The Kier molecular flexibility index (Phi) is 4.90. The number of hydrogen-bond acceptors (Lipinski definition) is 4. The fraction of sp³-hybridized carbons (Fsp3) is 0.214. The first-order valence-corrected chi connectivity index (χ1v) is 8.30. The summed E-state index contributed by atoms with van der Waals surface area (Å²) < 4.78 is 30.3. The van der Waals surface area contributed by atoms with Gasteiger partial charge in [-0.05, 0) is 37.7 Å². The number of hydrogen-bond donors (Lipinski definition) is 2. The van der Waals surface area contributed by atoms with Crippen LogP contribution in [-0.4, -0.2) is 21.4 Å². The molecular weight excluding hydrogens is 328 g/mol. The molecule has 0 fully saturated rings. The molecule has 1 amide bonds. The Morgan fingerprint density at radius 2 is 1.91 bits per heavy atom. The van der Waals surface area contributed by atoms with Gasteiger partial charge in [-0.15, -0.1) is 0 Å². The van der Waals surface area contributed by atoms with Crippen molar-refractivity contribution in [2.45, 2.75) is 18.1 Å². The molecule has 0 aliphatic carbocycles. The average molecular weight is 343 g/mol. The maximum absolute atomic E-state index is 12.1. The van der Waals surface area contributed by atoms with Crippen molar-refractivity contribution in [1.82, 2.24) is 10.0 Å². The van der Waals surface area contributed by atoms with E-state index in [1.54, 1.807) is 25.1 Å². The molecule has 1 atom stereocenters. The summed E-state index contributed by atoms with van der Waals surface area (Å²) >= 11 is 6.07. The summed E-state index contributed by atoms with van der Waals surface area (Å²) in [6.45, 7) is 1.77. The molecule has 0 bridgehead atoms. The van der Waals surface area contributed by atoms with Crippen molar-refractivity contribution in [3.05, 3.63) is 52.7 Å². The van der Waals surface area contributed by atoms with Crippen LogP contribution >= 0.6 is 11.6 Å². The average Bonchev–Trinajstić information content (AvgIpc) is 2.98. The molecule has 6 nitrogen and oxygen atoms in total. The van der Waals surface area contributed by atoms with Gasteiger partial charge in [0.2, 0.25) is 5.09 Å². The third-order valence-electron chi connectivity index (χ3n) is 3.06. The lowest BCUT2D eigenvalue weighted by Crippen LogP contribution is -2.26. The Balaban J connectivity index is 2.15. The highest BCUT2D eigenvalue weighted by Crippen LogP contribution is 2.23. The lowest BCUT2D eigenvalue weighted by molar-refractivity contribution is 0.0906. The van der Waals surface area contributed by atoms with Gasteiger partial charge in [-0.2, -0.15) is 0 Å². The molecule has 0 saturated heterocycles. The predicted octanol–water partition coefficient (Wildman–Crippen LogP) is 2.33. The minimum absolute atomic E-state index is 0.0901. The number of benzene rings is 1. The zero-order valence-electron chi connectivity index (χ0n) is 12.0. The molecule has 0 radical (unpaired) electrons. The third-order valence-corrected chi connectivity index (χ3v) is 4.69. The molecule has 118 valence electrons. The molecule has 1 aromatic carbocycles. The van der Waals surface area contributed by atoms with Crippen LogP contribution in [0.5, 0.6) is 0 Å². The smallest absolute Gasteiger partial charge is 0.287 e. The molecule has 2 aromatic rings. The topological polar surface area (TPSA) is 88.4 Å². The van der Waals surface area contributed by atoms with E-state index >= 15 is 0 Å². The molecule has 1 aromatic heterocycles. The fourth-order valence-corrected chi connectivity index (χ4v) is 2.81. The molecule has 0 saturated carbocycles. The summed E-state index contributed by atoms with van der Waals surface area (Å²) in [6, 6.07) is 9.31. The van der Waals surface area contributed by atoms with Crippen molar-refractivity contribution in [2.24, 2.45) is 0 Å². The second kappa shape index (κ2) is 6.51. The van der Waals surface area contributed by atoms with Gasteiger partial charge in [-0.25, -0.2) is 13.1 Å². The maximum atomic E-state index is 12.1. The van der Waals surface area contributed by atoms with Gasteiger partial charge < -0.3 is 9.73 Å². The zero-order chi connectivity index (χ0) is 16.3. The Bertz CT molecular complexity index is 786. The van der Waals surface area contributed by atoms with Crippen LogP contribution in [-0.2, 0) is 10.0 Å². The monoisotopic (exact) mass is 342 g/mol. The second-order valence-electron chi connectivity index (χ2n) is 4.54. The number of furan rings is 1. The number of rotatable bonds is 5. The Morgan fingerprint density at radius 1 is 1.23 bits per heavy atom. The number of halogens is 1. The van der Waals surface area contributed by atoms with E-state index in [1.807, 2.05) is 6.07 Å². The van der Waals surface area contributed by atoms with E-state index in [9.17, 15) is 13.2 Å². The van der Waals surface area contributed by atoms with E-state index < -0.39 is 15.9 Å². The van der Waals surface area contributed by atoms with Gasteiger partial charge >= 0.3 is 0 Å². The highest BCUT2D eigenvalue weighted by atomic mass is 35.5. The van der Waals surface area contributed by atoms with Crippen molar-refractivity contribution >= 4 is 27.5 Å². The molecular formula is C14H15ClN2O4S. The van der Waals surface area contributed by atoms with Gasteiger partial charge in [-0.1, -0.05) is 29.8 Å². The maximum Gasteiger partial charge on any atom is 0.287 e. The first-order chi connectivity index (χ1) is 10.3. The lowest BCUT2D eigenvalue weighted by atomic mass is 10.1. The first kappa shape index (κ1) is 16.5. The number of carbonyl (C=O) groups excluding carboxylic acids is 1. The molecule has 0 spiro atoms. The van der Waals surface area contributed by atoms with Crippen LogP contribution in [0.1, 0.15) is 29.1 Å². The van der Waals surface area contributed by atoms with Gasteiger partial charge in [0, 0.05) is 5.02 Å². The zero-order valence-corrected chi connectivity index (χ0v) is 13.5. The summed E-state index contributed by atoms with van der Waals surface area (Å²) in [4.78, 5) is 12.1. The van der Waals surface area contributed by atoms with Gasteiger partial charge in [0.05, 0.1) is 6.04 Å². The lowest BCUT2D eigenvalue weighted by Gasteiger charge is -2.14. The van der Waals surface area contributed by atoms with Crippen LogP contribution in [0.4, 0.5) is 0 Å². The standard InChI is InChI=1S/C14H15ClN2O4S/c1-9(10-5-3-4-6-11(10)15)17-14(18)12-7-8-13(21-12)22(19,20)16-2/h3-9,16H,1-2H3,(H,17,18). The normalized spacial score (nSPS) is 12.9. The van der Waals surface area contributed by atoms with E-state index in [2.05, 4.69) is 10.0 Å². The van der Waals surface area contributed by atoms with Crippen LogP contribution in [0.2, 0.25) is 5.02 Å². The quantitative estimate of drug-likeness (QED) is 0.872. The van der Waals surface area contributed by atoms with E-state index in [-0.39, 0.29) is 16.9 Å². The van der Waals surface area contributed by atoms with Crippen molar-refractivity contribution in [1.29, 1.82) is 0 Å². The summed E-state index contributed by atoms with van der Waals surface area (Å²) in [5.74, 6) is -0.613. The van der Waals surface area contributed by atoms with Crippen molar-refractivity contribution < 1.29 is 17.6 Å². The largest absolute Gasteiger partial charge is 0.438 e. The summed E-state index contributed by atoms with van der Waals surface area (Å²) in [6.07, 6.45) is 0. The number of sulfonamides is 1. The van der Waals surface area contributed by atoms with Crippen LogP contribution < -0.4 is 10.0 Å². The van der Waals surface area contributed by atoms with Gasteiger partial charge in [0.15, 0.2) is 5.76 Å². The molecule has 0 aliphatic heterocycles. The molecule has 22 heavy (non-hydrogen) atoms. The van der Waals surface area contributed by atoms with Gasteiger partial charge in [0.25, 0.3) is 15.9 Å². The van der Waals surface area contributed by atoms with E-state index in [1.165, 1.54) is 19.2 Å². The van der Waals surface area contributed by atoms with Crippen molar-refractivity contribution in [3.63, 3.8) is 0 Å². The molecule has 1 unspecified atom stereocenters. The SMILES string of the molecule is CNS(=O)(=O)c1ccc(C(=O)NC(C)c2ccccc2Cl)o1. The minimum atomic E-state index is -3.72. The van der Waals surface area contributed by atoms with Crippen LogP contribution in [0.25, 0.3) is 0 Å². The Morgan fingerprint density at radius 3 is 2.55 bits per heavy atom. The summed E-state index contributed by atoms with van der Waals surface area (Å²) in [5.41, 5.74) is 0.757. The minimum Gasteiger partial charge on any atom is -0.438 e. The summed E-state index contributed by atoms with van der Waals surface area (Å²) in [5, 5.41) is 2.92. The predicted molar refractivity (Wildman–Crippen MR) is 82.3 cm³/mol. The van der Waals surface area contributed by atoms with E-state index in [0.29, 0.717) is 5.02 Å². The fourth-order valence-electron chi connectivity index (χ4n) is 1.86. The molecule has 2 N–H and O–H groups in total. The Labute approximate surface area is 133 Å². The van der Waals surface area contributed by atoms with Crippen LogP contribution in [0.3, 0.4) is 0 Å². The van der Waals surface area contributed by atoms with Crippen LogP contribution in [0.15, 0.2) is 45.9 Å². The summed E-state index contributed by atoms with van der Waals surface area (Å²) in [7, 11) is -2.46. The third kappa shape index (κ3) is 3.49. The van der Waals surface area contributed by atoms with Gasteiger partial charge in [0.1, 0.15) is 0 Å². The molecule has 1 heterocycles. The number of amides is 1. The molecule has 8 heteroatoms. The number of carbonyl (C=O) groups is 1. The van der Waals surface area contributed by atoms with Crippen molar-refractivity contribution in [2.75, 3.05) is 7.05 Å². The number of nitrogens with one attached hydrogen (secondary N) is 2. The highest BCUT2D eigenvalue weighted by molar-refractivity contribution is 7.89. The van der Waals surface area contributed by atoms with E-state index in [4.69, 9.17) is 16.0 Å². The molecule has 0 aliphatic rings. The van der Waals surface area contributed by atoms with E-state index in [0.717, 1.165) is 5.56 Å². The van der Waals surface area contributed by atoms with Gasteiger partial charge in [-0.3, -0.25) is 4.79 Å². The Hall–Kier alpha value is -1.83. The highest BCUT2D eigenvalue weighted by Gasteiger charge is 2.21. The van der Waals surface area contributed by atoms with Crippen LogP contribution in [0, 0.1) is 0 Å². The first-order valence-electron chi connectivity index (χ1n) is 6.44. The molecule has 2 rings (SSSR count). The van der Waals surface area contributed by atoms with Crippen molar-refractivity contribution in [3.8, 4) is 0 Å².